The molecule has 0 spiro atoms. The zero-order chi connectivity index (χ0) is 13.8. The molecule has 6 heteroatoms. The lowest BCUT2D eigenvalue weighted by molar-refractivity contribution is 0.804. The van der Waals surface area contributed by atoms with Crippen molar-refractivity contribution < 1.29 is 0 Å². The second-order valence-corrected chi connectivity index (χ2v) is 5.24. The van der Waals surface area contributed by atoms with Gasteiger partial charge in [-0.2, -0.15) is 0 Å². The highest BCUT2D eigenvalue weighted by Gasteiger charge is 2.11. The van der Waals surface area contributed by atoms with Crippen molar-refractivity contribution in [1.29, 1.82) is 0 Å². The standard InChI is InChI=1S/C13H17N5S/c1-4-5-10-17-11(14)9(3)12(18-10)19-13-15-7-6-8(2)16-13/h6-7H,4-5H2,1-3H3,(H2,14,17,18). The molecule has 0 saturated heterocycles. The minimum atomic E-state index is 0.536. The Hall–Kier alpha value is -1.69. The molecule has 2 aromatic rings. The first-order valence-electron chi connectivity index (χ1n) is 6.20. The Balaban J connectivity index is 2.33. The number of anilines is 1. The third-order valence-electron chi connectivity index (χ3n) is 2.62. The van der Waals surface area contributed by atoms with Crippen LogP contribution < -0.4 is 5.73 Å². The van der Waals surface area contributed by atoms with Gasteiger partial charge >= 0.3 is 0 Å². The zero-order valence-corrected chi connectivity index (χ0v) is 12.2. The molecule has 0 aliphatic rings. The highest BCUT2D eigenvalue weighted by Crippen LogP contribution is 2.28. The smallest absolute Gasteiger partial charge is 0.194 e. The van der Waals surface area contributed by atoms with Gasteiger partial charge in [0.2, 0.25) is 0 Å². The van der Waals surface area contributed by atoms with E-state index in [1.54, 1.807) is 6.20 Å². The van der Waals surface area contributed by atoms with Gasteiger partial charge in [0, 0.05) is 23.9 Å². The molecule has 0 aromatic carbocycles. The minimum absolute atomic E-state index is 0.536. The van der Waals surface area contributed by atoms with Crippen molar-refractivity contribution in [3.05, 3.63) is 29.3 Å². The summed E-state index contributed by atoms with van der Waals surface area (Å²) in [6, 6.07) is 1.87. The van der Waals surface area contributed by atoms with E-state index in [9.17, 15) is 0 Å². The summed E-state index contributed by atoms with van der Waals surface area (Å²) in [5.74, 6) is 1.31. The predicted molar refractivity (Wildman–Crippen MR) is 76.1 cm³/mol. The lowest BCUT2D eigenvalue weighted by Crippen LogP contribution is -2.04. The van der Waals surface area contributed by atoms with Crippen LogP contribution in [0.5, 0.6) is 0 Å². The molecule has 2 rings (SSSR count). The maximum absolute atomic E-state index is 5.93. The first-order valence-corrected chi connectivity index (χ1v) is 7.02. The molecule has 2 N–H and O–H groups in total. The summed E-state index contributed by atoms with van der Waals surface area (Å²) in [5.41, 5.74) is 7.75. The van der Waals surface area contributed by atoms with E-state index in [0.717, 1.165) is 34.9 Å². The van der Waals surface area contributed by atoms with Gasteiger partial charge in [-0.05, 0) is 38.1 Å². The van der Waals surface area contributed by atoms with Crippen molar-refractivity contribution in [3.8, 4) is 0 Å². The summed E-state index contributed by atoms with van der Waals surface area (Å²) in [6.45, 7) is 5.95. The molecule has 2 heterocycles. The molecule has 5 nitrogen and oxygen atoms in total. The first kappa shape index (κ1) is 13.7. The van der Waals surface area contributed by atoms with Crippen molar-refractivity contribution in [3.63, 3.8) is 0 Å². The number of nitrogens with zero attached hydrogens (tertiary/aromatic N) is 4. The Morgan fingerprint density at radius 1 is 1.21 bits per heavy atom. The summed E-state index contributed by atoms with van der Waals surface area (Å²) in [7, 11) is 0. The summed E-state index contributed by atoms with van der Waals surface area (Å²) in [6.07, 6.45) is 3.57. The van der Waals surface area contributed by atoms with Crippen LogP contribution in [0.25, 0.3) is 0 Å². The fourth-order valence-electron chi connectivity index (χ4n) is 1.55. The molecular weight excluding hydrogens is 258 g/mol. The summed E-state index contributed by atoms with van der Waals surface area (Å²) in [5, 5.41) is 1.52. The number of aryl methyl sites for hydroxylation is 2. The van der Waals surface area contributed by atoms with Crippen LogP contribution in [-0.4, -0.2) is 19.9 Å². The third kappa shape index (κ3) is 3.41. The van der Waals surface area contributed by atoms with Gasteiger partial charge in [0.1, 0.15) is 16.7 Å². The van der Waals surface area contributed by atoms with Crippen LogP contribution in [0.15, 0.2) is 22.4 Å². The first-order chi connectivity index (χ1) is 9.10. The Morgan fingerprint density at radius 3 is 2.68 bits per heavy atom. The molecule has 19 heavy (non-hydrogen) atoms. The van der Waals surface area contributed by atoms with E-state index >= 15 is 0 Å². The van der Waals surface area contributed by atoms with Gasteiger partial charge in [-0.15, -0.1) is 0 Å². The molecule has 100 valence electrons. The fourth-order valence-corrected chi connectivity index (χ4v) is 2.44. The normalized spacial score (nSPS) is 10.7. The SMILES string of the molecule is CCCc1nc(N)c(C)c(Sc2nccc(C)n2)n1. The van der Waals surface area contributed by atoms with Crippen molar-refractivity contribution in [1.82, 2.24) is 19.9 Å². The second-order valence-electron chi connectivity index (χ2n) is 4.29. The van der Waals surface area contributed by atoms with Crippen LogP contribution in [0.4, 0.5) is 5.82 Å². The van der Waals surface area contributed by atoms with E-state index in [1.807, 2.05) is 19.9 Å². The summed E-state index contributed by atoms with van der Waals surface area (Å²) < 4.78 is 0. The van der Waals surface area contributed by atoms with Gasteiger partial charge in [0.05, 0.1) is 0 Å². The molecule has 0 saturated carbocycles. The van der Waals surface area contributed by atoms with E-state index in [-0.39, 0.29) is 0 Å². The molecular formula is C13H17N5S. The topological polar surface area (TPSA) is 77.6 Å². The molecule has 0 atom stereocenters. The molecule has 0 bridgehead atoms. The second kappa shape index (κ2) is 5.97. The third-order valence-corrected chi connectivity index (χ3v) is 3.59. The molecule has 0 fully saturated rings. The van der Waals surface area contributed by atoms with Gasteiger partial charge in [0.25, 0.3) is 0 Å². The molecule has 0 aliphatic heterocycles. The van der Waals surface area contributed by atoms with Crippen LogP contribution in [0.1, 0.15) is 30.4 Å². The number of aromatic nitrogens is 4. The maximum Gasteiger partial charge on any atom is 0.194 e. The minimum Gasteiger partial charge on any atom is -0.383 e. The Morgan fingerprint density at radius 2 is 2.00 bits per heavy atom. The van der Waals surface area contributed by atoms with Crippen LogP contribution in [-0.2, 0) is 6.42 Å². The lowest BCUT2D eigenvalue weighted by atomic mass is 10.3. The van der Waals surface area contributed by atoms with Crippen LogP contribution in [0.2, 0.25) is 0 Å². The number of hydrogen-bond donors (Lipinski definition) is 1. The van der Waals surface area contributed by atoms with E-state index in [4.69, 9.17) is 5.73 Å². The average molecular weight is 275 g/mol. The monoisotopic (exact) mass is 275 g/mol. The summed E-state index contributed by atoms with van der Waals surface area (Å²) >= 11 is 1.43. The van der Waals surface area contributed by atoms with Gasteiger partial charge in [-0.1, -0.05) is 6.92 Å². The number of nitrogens with two attached hydrogens (primary N) is 1. The van der Waals surface area contributed by atoms with E-state index in [1.165, 1.54) is 11.8 Å². The van der Waals surface area contributed by atoms with Crippen molar-refractivity contribution in [2.24, 2.45) is 0 Å². The van der Waals surface area contributed by atoms with Gasteiger partial charge in [0.15, 0.2) is 5.16 Å². The molecule has 0 unspecified atom stereocenters. The number of nitrogen functional groups attached to an aromatic ring is 1. The van der Waals surface area contributed by atoms with Crippen LogP contribution in [0, 0.1) is 13.8 Å². The number of hydrogen-bond acceptors (Lipinski definition) is 6. The van der Waals surface area contributed by atoms with E-state index in [0.29, 0.717) is 11.0 Å². The van der Waals surface area contributed by atoms with E-state index < -0.39 is 0 Å². The lowest BCUT2D eigenvalue weighted by Gasteiger charge is -2.08. The van der Waals surface area contributed by atoms with Crippen molar-refractivity contribution in [2.45, 2.75) is 43.8 Å². The van der Waals surface area contributed by atoms with Crippen molar-refractivity contribution >= 4 is 17.6 Å². The Labute approximate surface area is 117 Å². The molecule has 0 aliphatic carbocycles. The molecule has 2 aromatic heterocycles. The largest absolute Gasteiger partial charge is 0.383 e. The molecule has 0 radical (unpaired) electrons. The van der Waals surface area contributed by atoms with E-state index in [2.05, 4.69) is 26.9 Å². The predicted octanol–water partition coefficient (Wildman–Crippen LogP) is 2.57. The van der Waals surface area contributed by atoms with Crippen LogP contribution in [0.3, 0.4) is 0 Å². The maximum atomic E-state index is 5.93. The Bertz CT molecular complexity index is 585. The Kier molecular flexibility index (Phi) is 4.31. The quantitative estimate of drug-likeness (QED) is 0.682. The van der Waals surface area contributed by atoms with Gasteiger partial charge in [-0.25, -0.2) is 19.9 Å². The average Bonchev–Trinajstić information content (AvgIpc) is 2.36. The zero-order valence-electron chi connectivity index (χ0n) is 11.3. The van der Waals surface area contributed by atoms with Gasteiger partial charge < -0.3 is 5.73 Å². The van der Waals surface area contributed by atoms with Crippen molar-refractivity contribution in [2.75, 3.05) is 5.73 Å². The highest BCUT2D eigenvalue weighted by molar-refractivity contribution is 7.99. The fraction of sp³-hybridized carbons (Fsp3) is 0.385. The van der Waals surface area contributed by atoms with Gasteiger partial charge in [-0.3, -0.25) is 0 Å². The molecule has 0 amide bonds. The van der Waals surface area contributed by atoms with Crippen LogP contribution >= 0.6 is 11.8 Å². The number of rotatable bonds is 4. The summed E-state index contributed by atoms with van der Waals surface area (Å²) in [4.78, 5) is 17.4. The highest BCUT2D eigenvalue weighted by atomic mass is 32.2.